The molecule has 4 aromatic rings. The van der Waals surface area contributed by atoms with Gasteiger partial charge in [0.25, 0.3) is 0 Å². The minimum atomic E-state index is -0.0606. The molecule has 0 radical (unpaired) electrons. The van der Waals surface area contributed by atoms with Gasteiger partial charge in [0.1, 0.15) is 11.2 Å². The van der Waals surface area contributed by atoms with Crippen molar-refractivity contribution in [1.82, 2.24) is 19.5 Å². The molecule has 1 aliphatic rings. The maximum absolute atomic E-state index is 12.9. The summed E-state index contributed by atoms with van der Waals surface area (Å²) >= 11 is 3.26. The van der Waals surface area contributed by atoms with E-state index in [0.717, 1.165) is 46.0 Å². The van der Waals surface area contributed by atoms with Gasteiger partial charge in [0.2, 0.25) is 11.7 Å². The van der Waals surface area contributed by atoms with Crippen LogP contribution in [0.2, 0.25) is 0 Å². The summed E-state index contributed by atoms with van der Waals surface area (Å²) in [5.74, 6) is 0.459. The predicted molar refractivity (Wildman–Crippen MR) is 110 cm³/mol. The highest BCUT2D eigenvalue weighted by Crippen LogP contribution is 2.39. The standard InChI is InChI=1S/C20H18N4O2S2/c1-11-8-14(12(2)24(11)20-21-6-7-27-20)15(25)9-26-18-17-13-4-3-5-16(13)28-19(17)23-10-22-18/h6-8,10H,3-5,9H2,1-2H3. The number of hydrogen-bond donors (Lipinski definition) is 0. The molecular weight excluding hydrogens is 392 g/mol. The van der Waals surface area contributed by atoms with Crippen LogP contribution in [-0.2, 0) is 12.8 Å². The third kappa shape index (κ3) is 2.75. The third-order valence-electron chi connectivity index (χ3n) is 5.15. The van der Waals surface area contributed by atoms with Crippen LogP contribution >= 0.6 is 22.7 Å². The number of rotatable bonds is 5. The number of carbonyl (C=O) groups is 1. The zero-order valence-electron chi connectivity index (χ0n) is 15.6. The van der Waals surface area contributed by atoms with E-state index in [1.807, 2.05) is 29.9 Å². The van der Waals surface area contributed by atoms with E-state index in [1.165, 1.54) is 16.8 Å². The first-order chi connectivity index (χ1) is 13.6. The van der Waals surface area contributed by atoms with E-state index in [2.05, 4.69) is 15.0 Å². The number of ether oxygens (including phenoxy) is 1. The first-order valence-electron chi connectivity index (χ1n) is 9.13. The molecule has 0 aromatic carbocycles. The highest BCUT2D eigenvalue weighted by Gasteiger charge is 2.23. The summed E-state index contributed by atoms with van der Waals surface area (Å²) in [5, 5.41) is 3.78. The number of fused-ring (bicyclic) bond motifs is 3. The average molecular weight is 411 g/mol. The molecule has 0 saturated heterocycles. The van der Waals surface area contributed by atoms with Gasteiger partial charge >= 0.3 is 0 Å². The van der Waals surface area contributed by atoms with Crippen molar-refractivity contribution in [3.8, 4) is 11.0 Å². The Labute approximate surface area is 169 Å². The van der Waals surface area contributed by atoms with Crippen LogP contribution in [-0.4, -0.2) is 31.9 Å². The monoisotopic (exact) mass is 410 g/mol. The smallest absolute Gasteiger partial charge is 0.226 e. The van der Waals surface area contributed by atoms with Crippen LogP contribution in [0.5, 0.6) is 5.88 Å². The fraction of sp³-hybridized carbons (Fsp3) is 0.300. The molecule has 6 nitrogen and oxygen atoms in total. The van der Waals surface area contributed by atoms with Crippen LogP contribution in [0.25, 0.3) is 15.3 Å². The van der Waals surface area contributed by atoms with E-state index in [0.29, 0.717) is 11.4 Å². The second-order valence-electron chi connectivity index (χ2n) is 6.86. The van der Waals surface area contributed by atoms with Gasteiger partial charge in [-0.3, -0.25) is 9.36 Å². The molecular formula is C20H18N4O2S2. The van der Waals surface area contributed by atoms with Crippen molar-refractivity contribution in [3.05, 3.63) is 51.4 Å². The number of carbonyl (C=O) groups excluding carboxylic acids is 1. The molecule has 0 aliphatic heterocycles. The molecule has 142 valence electrons. The fourth-order valence-electron chi connectivity index (χ4n) is 3.89. The number of aryl methyl sites for hydroxylation is 3. The SMILES string of the molecule is Cc1cc(C(=O)COc2ncnc3sc4c(c23)CCC4)c(C)n1-c1nccs1. The Balaban J connectivity index is 1.42. The molecule has 8 heteroatoms. The minimum Gasteiger partial charge on any atom is -0.469 e. The number of hydrogen-bond acceptors (Lipinski definition) is 7. The summed E-state index contributed by atoms with van der Waals surface area (Å²) in [6, 6.07) is 1.90. The molecule has 0 N–H and O–H groups in total. The van der Waals surface area contributed by atoms with Gasteiger partial charge in [-0.1, -0.05) is 0 Å². The normalized spacial score (nSPS) is 13.2. The van der Waals surface area contributed by atoms with Crippen molar-refractivity contribution in [1.29, 1.82) is 0 Å². The van der Waals surface area contributed by atoms with Crippen molar-refractivity contribution >= 4 is 38.7 Å². The topological polar surface area (TPSA) is 69.9 Å². The molecule has 4 aromatic heterocycles. The van der Waals surface area contributed by atoms with Crippen LogP contribution in [0, 0.1) is 13.8 Å². The zero-order valence-corrected chi connectivity index (χ0v) is 17.2. The van der Waals surface area contributed by atoms with Crippen molar-refractivity contribution in [3.63, 3.8) is 0 Å². The van der Waals surface area contributed by atoms with E-state index in [-0.39, 0.29) is 12.4 Å². The summed E-state index contributed by atoms with van der Waals surface area (Å²) < 4.78 is 7.90. The quantitative estimate of drug-likeness (QED) is 0.459. The Bertz CT molecular complexity index is 1190. The first kappa shape index (κ1) is 17.5. The molecule has 5 rings (SSSR count). The van der Waals surface area contributed by atoms with Gasteiger partial charge in [-0.05, 0) is 44.7 Å². The van der Waals surface area contributed by atoms with E-state index >= 15 is 0 Å². The molecule has 0 atom stereocenters. The molecule has 0 fully saturated rings. The van der Waals surface area contributed by atoms with Gasteiger partial charge in [0.15, 0.2) is 11.7 Å². The van der Waals surface area contributed by atoms with E-state index in [1.54, 1.807) is 28.9 Å². The molecule has 1 aliphatic carbocycles. The largest absolute Gasteiger partial charge is 0.469 e. The average Bonchev–Trinajstić information content (AvgIpc) is 3.43. The molecule has 28 heavy (non-hydrogen) atoms. The molecule has 4 heterocycles. The summed E-state index contributed by atoms with van der Waals surface area (Å²) in [6.45, 7) is 3.88. The van der Waals surface area contributed by atoms with Crippen LogP contribution in [0.15, 0.2) is 24.0 Å². The summed E-state index contributed by atoms with van der Waals surface area (Å²) in [4.78, 5) is 28.3. The van der Waals surface area contributed by atoms with Gasteiger partial charge in [0, 0.05) is 33.4 Å². The fourth-order valence-corrected chi connectivity index (χ4v) is 5.86. The highest BCUT2D eigenvalue weighted by atomic mass is 32.1. The lowest BCUT2D eigenvalue weighted by Gasteiger charge is -2.07. The Morgan fingerprint density at radius 1 is 1.25 bits per heavy atom. The maximum Gasteiger partial charge on any atom is 0.226 e. The summed E-state index contributed by atoms with van der Waals surface area (Å²) in [5.41, 5.74) is 3.82. The maximum atomic E-state index is 12.9. The van der Waals surface area contributed by atoms with Crippen molar-refractivity contribution in [2.24, 2.45) is 0 Å². The molecule has 0 bridgehead atoms. The molecule has 0 amide bonds. The van der Waals surface area contributed by atoms with E-state index < -0.39 is 0 Å². The number of ketones is 1. The summed E-state index contributed by atoms with van der Waals surface area (Å²) in [7, 11) is 0. The number of thiazole rings is 1. The van der Waals surface area contributed by atoms with Gasteiger partial charge in [0.05, 0.1) is 5.39 Å². The van der Waals surface area contributed by atoms with Crippen LogP contribution in [0.1, 0.15) is 38.6 Å². The number of Topliss-reactive ketones (excluding diaryl/α,β-unsaturated/α-hetero) is 1. The Morgan fingerprint density at radius 2 is 2.14 bits per heavy atom. The second-order valence-corrected chi connectivity index (χ2v) is 8.82. The number of thiophene rings is 1. The molecule has 0 spiro atoms. The van der Waals surface area contributed by atoms with Gasteiger partial charge in [-0.25, -0.2) is 15.0 Å². The Kier molecular flexibility index (Phi) is 4.25. The highest BCUT2D eigenvalue weighted by molar-refractivity contribution is 7.19. The third-order valence-corrected chi connectivity index (χ3v) is 7.11. The number of nitrogens with zero attached hydrogens (tertiary/aromatic N) is 4. The lowest BCUT2D eigenvalue weighted by Crippen LogP contribution is -2.13. The minimum absolute atomic E-state index is 0.0428. The summed E-state index contributed by atoms with van der Waals surface area (Å²) in [6.07, 6.45) is 6.57. The van der Waals surface area contributed by atoms with E-state index in [9.17, 15) is 4.79 Å². The van der Waals surface area contributed by atoms with E-state index in [4.69, 9.17) is 4.74 Å². The Hall–Kier alpha value is -2.58. The van der Waals surface area contributed by atoms with Crippen LogP contribution < -0.4 is 4.74 Å². The molecule has 0 unspecified atom stereocenters. The van der Waals surface area contributed by atoms with Crippen molar-refractivity contribution < 1.29 is 9.53 Å². The van der Waals surface area contributed by atoms with Crippen molar-refractivity contribution in [2.45, 2.75) is 33.1 Å². The van der Waals surface area contributed by atoms with Gasteiger partial charge in [-0.2, -0.15) is 0 Å². The number of aromatic nitrogens is 4. The lowest BCUT2D eigenvalue weighted by atomic mass is 10.1. The second kappa shape index (κ2) is 6.79. The van der Waals surface area contributed by atoms with Crippen LogP contribution in [0.4, 0.5) is 0 Å². The van der Waals surface area contributed by atoms with Gasteiger partial charge in [-0.15, -0.1) is 22.7 Å². The predicted octanol–water partition coefficient (Wildman–Crippen LogP) is 4.31. The van der Waals surface area contributed by atoms with Crippen molar-refractivity contribution in [2.75, 3.05) is 6.61 Å². The first-order valence-corrected chi connectivity index (χ1v) is 10.8. The lowest BCUT2D eigenvalue weighted by molar-refractivity contribution is 0.0918. The van der Waals surface area contributed by atoms with Crippen LogP contribution in [0.3, 0.4) is 0 Å². The molecule has 0 saturated carbocycles. The zero-order chi connectivity index (χ0) is 19.3. The van der Waals surface area contributed by atoms with Gasteiger partial charge < -0.3 is 4.74 Å². The Morgan fingerprint density at radius 3 is 2.96 bits per heavy atom.